The molecule has 0 radical (unpaired) electrons. The molecule has 0 spiro atoms. The van der Waals surface area contributed by atoms with Gasteiger partial charge in [0.05, 0.1) is 10.7 Å². The maximum Gasteiger partial charge on any atom is 0.349 e. The number of hydrogen-bond acceptors (Lipinski definition) is 6. The third-order valence-electron chi connectivity index (χ3n) is 4.79. The summed E-state index contributed by atoms with van der Waals surface area (Å²) < 4.78 is 5.47. The summed E-state index contributed by atoms with van der Waals surface area (Å²) in [6.45, 7) is 8.05. The largest absolute Gasteiger partial charge is 0.427 e. The number of thiazole rings is 1. The third-order valence-corrected chi connectivity index (χ3v) is 5.92. The van der Waals surface area contributed by atoms with E-state index < -0.39 is 5.63 Å². The summed E-state index contributed by atoms with van der Waals surface area (Å²) in [6, 6.07) is 1.83. The molecule has 2 N–H and O–H groups in total. The van der Waals surface area contributed by atoms with Gasteiger partial charge in [-0.1, -0.05) is 0 Å². The number of hydrogen-bond donors (Lipinski definition) is 2. The van der Waals surface area contributed by atoms with E-state index >= 15 is 0 Å². The Hall–Kier alpha value is -1.41. The van der Waals surface area contributed by atoms with E-state index in [1.54, 1.807) is 18.3 Å². The summed E-state index contributed by atoms with van der Waals surface area (Å²) in [5.41, 5.74) is 1.24. The second-order valence-electron chi connectivity index (χ2n) is 6.79. The molecule has 1 aliphatic heterocycles. The van der Waals surface area contributed by atoms with Crippen LogP contribution in [0.2, 0.25) is 0 Å². The van der Waals surface area contributed by atoms with Crippen LogP contribution in [0, 0.1) is 20.8 Å². The molecule has 1 atom stereocenters. The Kier molecular flexibility index (Phi) is 9.63. The molecule has 2 aromatic heterocycles. The molecule has 0 aromatic carbocycles. The van der Waals surface area contributed by atoms with Gasteiger partial charge >= 0.3 is 5.63 Å². The molecule has 1 amide bonds. The van der Waals surface area contributed by atoms with Crippen LogP contribution in [0.1, 0.15) is 56.0 Å². The van der Waals surface area contributed by atoms with Gasteiger partial charge in [0, 0.05) is 30.3 Å². The van der Waals surface area contributed by atoms with Gasteiger partial charge in [0.25, 0.3) is 5.91 Å². The first-order chi connectivity index (χ1) is 12.5. The Balaban J connectivity index is 0.00000196. The minimum absolute atomic E-state index is 0. The molecule has 0 saturated carbocycles. The molecule has 0 bridgehead atoms. The molecule has 2 aromatic rings. The number of nitrogens with one attached hydrogen (secondary N) is 2. The van der Waals surface area contributed by atoms with Crippen molar-refractivity contribution in [3.63, 3.8) is 0 Å². The van der Waals surface area contributed by atoms with E-state index in [0.29, 0.717) is 24.3 Å². The number of aromatic nitrogens is 1. The average Bonchev–Trinajstić information content (AvgIpc) is 2.93. The highest BCUT2D eigenvalue weighted by Crippen LogP contribution is 2.23. The van der Waals surface area contributed by atoms with Crippen molar-refractivity contribution in [2.75, 3.05) is 19.6 Å². The maximum atomic E-state index is 12.4. The average molecular weight is 448 g/mol. The van der Waals surface area contributed by atoms with Crippen molar-refractivity contribution in [1.82, 2.24) is 15.6 Å². The van der Waals surface area contributed by atoms with Crippen LogP contribution in [-0.2, 0) is 6.42 Å². The van der Waals surface area contributed by atoms with Crippen LogP contribution < -0.4 is 16.3 Å². The zero-order valence-electron chi connectivity index (χ0n) is 16.3. The predicted molar refractivity (Wildman–Crippen MR) is 117 cm³/mol. The zero-order chi connectivity index (χ0) is 18.7. The standard InChI is InChI=1S/C19H25N3O3S.2ClH/c1-11-9-15(14-5-4-7-20-10-14)25-19(24)17(11)18(23)21-8-6-16-22-12(2)13(3)26-16;;/h9,14,20H,4-8,10H2,1-3H3,(H,21,23);2*1H. The number of nitrogens with zero attached hydrogens (tertiary/aromatic N) is 1. The van der Waals surface area contributed by atoms with Crippen molar-refractivity contribution in [3.8, 4) is 0 Å². The number of aryl methyl sites for hydroxylation is 3. The second-order valence-corrected chi connectivity index (χ2v) is 8.08. The van der Waals surface area contributed by atoms with E-state index in [2.05, 4.69) is 15.6 Å². The lowest BCUT2D eigenvalue weighted by molar-refractivity contribution is 0.0949. The molecular weight excluding hydrogens is 421 g/mol. The van der Waals surface area contributed by atoms with Crippen LogP contribution in [-0.4, -0.2) is 30.5 Å². The molecule has 0 aliphatic carbocycles. The van der Waals surface area contributed by atoms with Gasteiger partial charge in [0.2, 0.25) is 0 Å². The molecular formula is C19H27Cl2N3O3S. The van der Waals surface area contributed by atoms with Crippen molar-refractivity contribution < 1.29 is 9.21 Å². The number of amides is 1. The SMILES string of the molecule is Cc1cc(C2CCCNC2)oc(=O)c1C(=O)NCCc1nc(C)c(C)s1.Cl.Cl. The molecule has 1 aliphatic rings. The lowest BCUT2D eigenvalue weighted by Crippen LogP contribution is -2.32. The van der Waals surface area contributed by atoms with Crippen LogP contribution in [0.15, 0.2) is 15.3 Å². The van der Waals surface area contributed by atoms with Crippen molar-refractivity contribution in [1.29, 1.82) is 0 Å². The molecule has 3 heterocycles. The first-order valence-corrected chi connectivity index (χ1v) is 9.84. The summed E-state index contributed by atoms with van der Waals surface area (Å²) in [6.07, 6.45) is 2.71. The quantitative estimate of drug-likeness (QED) is 0.734. The number of halogens is 2. The zero-order valence-corrected chi connectivity index (χ0v) is 18.7. The first-order valence-electron chi connectivity index (χ1n) is 9.02. The van der Waals surface area contributed by atoms with Crippen LogP contribution in [0.4, 0.5) is 0 Å². The van der Waals surface area contributed by atoms with E-state index in [-0.39, 0.29) is 42.2 Å². The van der Waals surface area contributed by atoms with E-state index in [4.69, 9.17) is 4.42 Å². The van der Waals surface area contributed by atoms with Gasteiger partial charge in [-0.05, 0) is 51.8 Å². The summed E-state index contributed by atoms with van der Waals surface area (Å²) in [4.78, 5) is 30.5. The summed E-state index contributed by atoms with van der Waals surface area (Å²) in [5.74, 6) is 0.489. The van der Waals surface area contributed by atoms with Gasteiger partial charge < -0.3 is 15.1 Å². The van der Waals surface area contributed by atoms with Gasteiger partial charge in [0.15, 0.2) is 0 Å². The lowest BCUT2D eigenvalue weighted by atomic mass is 9.95. The molecule has 9 heteroatoms. The molecule has 1 fully saturated rings. The van der Waals surface area contributed by atoms with Crippen molar-refractivity contribution in [2.24, 2.45) is 0 Å². The Morgan fingerprint density at radius 2 is 2.11 bits per heavy atom. The monoisotopic (exact) mass is 447 g/mol. The van der Waals surface area contributed by atoms with Crippen LogP contribution >= 0.6 is 36.2 Å². The smallest absolute Gasteiger partial charge is 0.349 e. The lowest BCUT2D eigenvalue weighted by Gasteiger charge is -2.22. The summed E-state index contributed by atoms with van der Waals surface area (Å²) in [5, 5.41) is 7.11. The van der Waals surface area contributed by atoms with E-state index in [9.17, 15) is 9.59 Å². The predicted octanol–water partition coefficient (Wildman–Crippen LogP) is 3.30. The Labute approximate surface area is 181 Å². The maximum absolute atomic E-state index is 12.4. The number of carbonyl (C=O) groups is 1. The number of carbonyl (C=O) groups excluding carboxylic acids is 1. The highest BCUT2D eigenvalue weighted by atomic mass is 35.5. The molecule has 1 unspecified atom stereocenters. The highest BCUT2D eigenvalue weighted by molar-refractivity contribution is 7.11. The summed E-state index contributed by atoms with van der Waals surface area (Å²) in [7, 11) is 0. The molecule has 1 saturated heterocycles. The molecule has 156 valence electrons. The van der Waals surface area contributed by atoms with Gasteiger partial charge in [0.1, 0.15) is 11.3 Å². The number of rotatable bonds is 5. The van der Waals surface area contributed by atoms with Gasteiger partial charge in [-0.2, -0.15) is 0 Å². The topological polar surface area (TPSA) is 84.2 Å². The van der Waals surface area contributed by atoms with Gasteiger partial charge in [-0.3, -0.25) is 4.79 Å². The summed E-state index contributed by atoms with van der Waals surface area (Å²) >= 11 is 1.64. The van der Waals surface area contributed by atoms with Crippen LogP contribution in [0.3, 0.4) is 0 Å². The van der Waals surface area contributed by atoms with Crippen molar-refractivity contribution >= 4 is 42.1 Å². The fourth-order valence-corrected chi connectivity index (χ4v) is 4.15. The Bertz CT molecular complexity index is 841. The van der Waals surface area contributed by atoms with Gasteiger partial charge in [-0.25, -0.2) is 9.78 Å². The van der Waals surface area contributed by atoms with Crippen LogP contribution in [0.25, 0.3) is 0 Å². The Morgan fingerprint density at radius 3 is 2.68 bits per heavy atom. The molecule has 6 nitrogen and oxygen atoms in total. The van der Waals surface area contributed by atoms with E-state index in [0.717, 1.165) is 36.6 Å². The third kappa shape index (κ3) is 5.80. The van der Waals surface area contributed by atoms with Crippen molar-refractivity contribution in [2.45, 2.75) is 46.0 Å². The van der Waals surface area contributed by atoms with E-state index in [1.165, 1.54) is 4.88 Å². The second kappa shape index (κ2) is 11.0. The molecule has 28 heavy (non-hydrogen) atoms. The minimum atomic E-state index is -0.552. The first kappa shape index (κ1) is 24.6. The number of piperidine rings is 1. The minimum Gasteiger partial charge on any atom is -0.427 e. The van der Waals surface area contributed by atoms with Gasteiger partial charge in [-0.15, -0.1) is 36.2 Å². The fourth-order valence-electron chi connectivity index (χ4n) is 3.22. The highest BCUT2D eigenvalue weighted by Gasteiger charge is 2.22. The van der Waals surface area contributed by atoms with Crippen molar-refractivity contribution in [3.05, 3.63) is 49.0 Å². The van der Waals surface area contributed by atoms with E-state index in [1.807, 2.05) is 19.9 Å². The normalized spacial score (nSPS) is 16.0. The molecule has 3 rings (SSSR count). The fraction of sp³-hybridized carbons (Fsp3) is 0.526. The van der Waals surface area contributed by atoms with Crippen LogP contribution in [0.5, 0.6) is 0 Å². The Morgan fingerprint density at radius 1 is 1.36 bits per heavy atom.